The average Bonchev–Trinajstić information content (AvgIpc) is 2.25. The molecule has 1 amide bonds. The molecule has 0 aromatic heterocycles. The Morgan fingerprint density at radius 3 is 2.25 bits per heavy atom. The van der Waals surface area contributed by atoms with Gasteiger partial charge in [0.15, 0.2) is 0 Å². The second-order valence-corrected chi connectivity index (χ2v) is 4.64. The fourth-order valence-corrected chi connectivity index (χ4v) is 2.16. The first-order chi connectivity index (χ1) is 7.58. The Labute approximate surface area is 100 Å². The first-order valence-electron chi connectivity index (χ1n) is 6.31. The number of hydrogen-bond acceptors (Lipinski definition) is 1. The van der Waals surface area contributed by atoms with Crippen molar-refractivity contribution in [3.05, 3.63) is 12.7 Å². The molecule has 94 valence electrons. The van der Waals surface area contributed by atoms with Crippen molar-refractivity contribution in [2.45, 2.75) is 33.1 Å². The van der Waals surface area contributed by atoms with Crippen LogP contribution >= 0.6 is 0 Å². The van der Waals surface area contributed by atoms with Crippen LogP contribution in [0.1, 0.15) is 33.1 Å². The third-order valence-corrected chi connectivity index (χ3v) is 2.89. The molecule has 0 atom stereocenters. The molecule has 0 saturated heterocycles. The van der Waals surface area contributed by atoms with Crippen molar-refractivity contribution in [1.29, 1.82) is 0 Å². The molecule has 0 aliphatic heterocycles. The average molecular weight is 227 g/mol. The van der Waals surface area contributed by atoms with E-state index < -0.39 is 0 Å². The Morgan fingerprint density at radius 1 is 1.25 bits per heavy atom. The smallest absolute Gasteiger partial charge is 0.243 e. The highest BCUT2D eigenvalue weighted by Gasteiger charge is 2.18. The molecule has 0 saturated carbocycles. The minimum absolute atomic E-state index is 0.0693. The standard InChI is InChI=1S/C13H26N2O/c1-5-10-15(4,11-6-2)12-8-9-14-13(16)7-3/h7H,3,5-6,8-12H2,1-2,4H3/p+1. The SMILES string of the molecule is C=CC(=O)NCCC[N+](C)(CCC)CCC. The van der Waals surface area contributed by atoms with Crippen LogP contribution in [0.4, 0.5) is 0 Å². The molecule has 0 bridgehead atoms. The fourth-order valence-electron chi connectivity index (χ4n) is 2.16. The first kappa shape index (κ1) is 15.2. The van der Waals surface area contributed by atoms with Gasteiger partial charge in [0.05, 0.1) is 26.7 Å². The van der Waals surface area contributed by atoms with Gasteiger partial charge in [-0.15, -0.1) is 0 Å². The summed E-state index contributed by atoms with van der Waals surface area (Å²) in [7, 11) is 2.31. The van der Waals surface area contributed by atoms with Gasteiger partial charge in [0.2, 0.25) is 5.91 Å². The summed E-state index contributed by atoms with van der Waals surface area (Å²) in [6, 6.07) is 0. The summed E-state index contributed by atoms with van der Waals surface area (Å²) in [6.45, 7) is 12.2. The van der Waals surface area contributed by atoms with E-state index in [1.165, 1.54) is 32.0 Å². The number of nitrogens with one attached hydrogen (secondary N) is 1. The van der Waals surface area contributed by atoms with Gasteiger partial charge < -0.3 is 9.80 Å². The lowest BCUT2D eigenvalue weighted by atomic mass is 10.2. The number of rotatable bonds is 9. The van der Waals surface area contributed by atoms with Crippen LogP contribution in [0.25, 0.3) is 0 Å². The molecule has 0 heterocycles. The van der Waals surface area contributed by atoms with Crippen molar-refractivity contribution in [1.82, 2.24) is 5.32 Å². The van der Waals surface area contributed by atoms with Crippen molar-refractivity contribution < 1.29 is 9.28 Å². The molecule has 0 unspecified atom stereocenters. The first-order valence-corrected chi connectivity index (χ1v) is 6.31. The highest BCUT2D eigenvalue weighted by molar-refractivity contribution is 5.86. The Bertz CT molecular complexity index is 208. The Balaban J connectivity index is 3.84. The van der Waals surface area contributed by atoms with Crippen LogP contribution in [-0.2, 0) is 4.79 Å². The molecule has 1 N–H and O–H groups in total. The van der Waals surface area contributed by atoms with Crippen LogP contribution in [-0.4, -0.2) is 43.6 Å². The van der Waals surface area contributed by atoms with Gasteiger partial charge in [-0.3, -0.25) is 4.79 Å². The molecule has 0 rings (SSSR count). The Morgan fingerprint density at radius 2 is 1.81 bits per heavy atom. The molecule has 16 heavy (non-hydrogen) atoms. The van der Waals surface area contributed by atoms with E-state index in [1.54, 1.807) is 0 Å². The molecule has 0 aliphatic rings. The van der Waals surface area contributed by atoms with Gasteiger partial charge in [0.25, 0.3) is 0 Å². The van der Waals surface area contributed by atoms with Gasteiger partial charge in [-0.2, -0.15) is 0 Å². The molecule has 3 nitrogen and oxygen atoms in total. The highest BCUT2D eigenvalue weighted by Crippen LogP contribution is 2.06. The zero-order chi connectivity index (χ0) is 12.4. The summed E-state index contributed by atoms with van der Waals surface area (Å²) in [5.74, 6) is -0.0693. The van der Waals surface area contributed by atoms with Crippen LogP contribution in [0.15, 0.2) is 12.7 Å². The fraction of sp³-hybridized carbons (Fsp3) is 0.769. The molecular formula is C13H27N2O+. The Kier molecular flexibility index (Phi) is 7.90. The van der Waals surface area contributed by atoms with E-state index in [1.807, 2.05) is 0 Å². The van der Waals surface area contributed by atoms with Gasteiger partial charge in [0.1, 0.15) is 0 Å². The van der Waals surface area contributed by atoms with Gasteiger partial charge in [-0.1, -0.05) is 20.4 Å². The predicted octanol–water partition coefficient (Wildman–Crippen LogP) is 1.95. The van der Waals surface area contributed by atoms with E-state index in [0.29, 0.717) is 0 Å². The molecule has 0 aromatic rings. The highest BCUT2D eigenvalue weighted by atomic mass is 16.1. The summed E-state index contributed by atoms with van der Waals surface area (Å²) < 4.78 is 1.12. The van der Waals surface area contributed by atoms with E-state index in [2.05, 4.69) is 32.8 Å². The summed E-state index contributed by atoms with van der Waals surface area (Å²) in [4.78, 5) is 11.0. The van der Waals surface area contributed by atoms with Crippen molar-refractivity contribution >= 4 is 5.91 Å². The van der Waals surface area contributed by atoms with Crippen molar-refractivity contribution in [3.63, 3.8) is 0 Å². The maximum absolute atomic E-state index is 11.0. The molecule has 0 fully saturated rings. The lowest BCUT2D eigenvalue weighted by Gasteiger charge is -2.34. The van der Waals surface area contributed by atoms with E-state index in [4.69, 9.17) is 0 Å². The quantitative estimate of drug-likeness (QED) is 0.364. The molecular weight excluding hydrogens is 200 g/mol. The van der Waals surface area contributed by atoms with Gasteiger partial charge >= 0.3 is 0 Å². The third kappa shape index (κ3) is 6.62. The topological polar surface area (TPSA) is 29.1 Å². The van der Waals surface area contributed by atoms with E-state index >= 15 is 0 Å². The Hall–Kier alpha value is -0.830. The zero-order valence-corrected chi connectivity index (χ0v) is 11.1. The largest absolute Gasteiger partial charge is 0.352 e. The van der Waals surface area contributed by atoms with Crippen LogP contribution in [0, 0.1) is 0 Å². The second kappa shape index (κ2) is 8.34. The van der Waals surface area contributed by atoms with Crippen LogP contribution in [0.2, 0.25) is 0 Å². The monoisotopic (exact) mass is 227 g/mol. The minimum Gasteiger partial charge on any atom is -0.352 e. The normalized spacial score (nSPS) is 11.2. The van der Waals surface area contributed by atoms with Crippen LogP contribution in [0.3, 0.4) is 0 Å². The van der Waals surface area contributed by atoms with Crippen LogP contribution < -0.4 is 5.32 Å². The van der Waals surface area contributed by atoms with Gasteiger partial charge in [-0.05, 0) is 18.9 Å². The summed E-state index contributed by atoms with van der Waals surface area (Å²) in [5, 5.41) is 2.82. The lowest BCUT2D eigenvalue weighted by molar-refractivity contribution is -0.909. The van der Waals surface area contributed by atoms with E-state index in [0.717, 1.165) is 24.0 Å². The maximum Gasteiger partial charge on any atom is 0.243 e. The second-order valence-electron chi connectivity index (χ2n) is 4.64. The van der Waals surface area contributed by atoms with Crippen molar-refractivity contribution in [3.8, 4) is 0 Å². The van der Waals surface area contributed by atoms with E-state index in [-0.39, 0.29) is 5.91 Å². The van der Waals surface area contributed by atoms with Crippen molar-refractivity contribution in [2.75, 3.05) is 33.2 Å². The molecule has 3 heteroatoms. The summed E-state index contributed by atoms with van der Waals surface area (Å²) in [5.41, 5.74) is 0. The molecule has 0 radical (unpaired) electrons. The molecule has 0 aromatic carbocycles. The number of carbonyl (C=O) groups excluding carboxylic acids is 1. The van der Waals surface area contributed by atoms with Crippen LogP contribution in [0.5, 0.6) is 0 Å². The predicted molar refractivity (Wildman–Crippen MR) is 69.2 cm³/mol. The van der Waals surface area contributed by atoms with Crippen molar-refractivity contribution in [2.24, 2.45) is 0 Å². The third-order valence-electron chi connectivity index (χ3n) is 2.89. The number of amides is 1. The minimum atomic E-state index is -0.0693. The van der Waals surface area contributed by atoms with E-state index in [9.17, 15) is 4.79 Å². The van der Waals surface area contributed by atoms with Gasteiger partial charge in [0, 0.05) is 13.0 Å². The lowest BCUT2D eigenvalue weighted by Crippen LogP contribution is -2.46. The zero-order valence-electron chi connectivity index (χ0n) is 11.1. The molecule has 0 spiro atoms. The summed E-state index contributed by atoms with van der Waals surface area (Å²) >= 11 is 0. The number of carbonyl (C=O) groups is 1. The number of nitrogens with zero attached hydrogens (tertiary/aromatic N) is 1. The molecule has 0 aliphatic carbocycles. The number of hydrogen-bond donors (Lipinski definition) is 1. The summed E-state index contributed by atoms with van der Waals surface area (Å²) in [6.07, 6.45) is 4.80. The number of quaternary nitrogens is 1. The van der Waals surface area contributed by atoms with Gasteiger partial charge in [-0.25, -0.2) is 0 Å². The maximum atomic E-state index is 11.0.